The second-order valence-corrected chi connectivity index (χ2v) is 4.86. The van der Waals surface area contributed by atoms with Crippen molar-refractivity contribution in [3.05, 3.63) is 35.9 Å². The van der Waals surface area contributed by atoms with E-state index in [2.05, 4.69) is 17.0 Å². The number of β-amino-alcohol motifs (C(OH)–C–C–N with tert-alkyl or cyclic N) is 1. The van der Waals surface area contributed by atoms with Crippen LogP contribution in [-0.2, 0) is 6.54 Å². The van der Waals surface area contributed by atoms with Gasteiger partial charge in [0.05, 0.1) is 6.10 Å². The summed E-state index contributed by atoms with van der Waals surface area (Å²) in [6.45, 7) is 3.91. The molecule has 0 radical (unpaired) electrons. The minimum atomic E-state index is -0.979. The molecule has 3 nitrogen and oxygen atoms in total. The molecule has 2 N–H and O–H groups in total. The summed E-state index contributed by atoms with van der Waals surface area (Å²) >= 11 is 0. The number of aliphatic hydroxyl groups is 2. The average molecular weight is 221 g/mol. The van der Waals surface area contributed by atoms with Crippen LogP contribution < -0.4 is 0 Å². The molecule has 1 aromatic carbocycles. The lowest BCUT2D eigenvalue weighted by atomic mass is 9.91. The smallest absolute Gasteiger partial charge is 0.100 e. The molecule has 0 unspecified atom stereocenters. The molecule has 0 saturated carbocycles. The Labute approximate surface area is 96.3 Å². The van der Waals surface area contributed by atoms with Gasteiger partial charge in [-0.2, -0.15) is 0 Å². The Bertz CT molecular complexity index is 337. The number of nitrogens with zero attached hydrogens (tertiary/aromatic N) is 1. The van der Waals surface area contributed by atoms with E-state index in [-0.39, 0.29) is 0 Å². The molecule has 0 aromatic heterocycles. The quantitative estimate of drug-likeness (QED) is 0.783. The Kier molecular flexibility index (Phi) is 3.28. The fraction of sp³-hybridized carbons (Fsp3) is 0.538. The van der Waals surface area contributed by atoms with Crippen LogP contribution in [0.25, 0.3) is 0 Å². The van der Waals surface area contributed by atoms with E-state index >= 15 is 0 Å². The normalized spacial score (nSPS) is 31.6. The van der Waals surface area contributed by atoms with Crippen LogP contribution in [0, 0.1) is 0 Å². The Balaban J connectivity index is 1.97. The molecule has 0 spiro atoms. The minimum Gasteiger partial charge on any atom is -0.390 e. The first-order chi connectivity index (χ1) is 7.58. The predicted octanol–water partition coefficient (Wildman–Crippen LogP) is 1.00. The van der Waals surface area contributed by atoms with Crippen LogP contribution in [0.5, 0.6) is 0 Å². The van der Waals surface area contributed by atoms with Crippen LogP contribution in [-0.4, -0.2) is 39.9 Å². The van der Waals surface area contributed by atoms with E-state index < -0.39 is 11.7 Å². The summed E-state index contributed by atoms with van der Waals surface area (Å²) in [6, 6.07) is 10.2. The lowest BCUT2D eigenvalue weighted by molar-refractivity contribution is -0.110. The highest BCUT2D eigenvalue weighted by molar-refractivity contribution is 5.14. The third kappa shape index (κ3) is 2.61. The molecule has 16 heavy (non-hydrogen) atoms. The van der Waals surface area contributed by atoms with Crippen molar-refractivity contribution < 1.29 is 10.2 Å². The summed E-state index contributed by atoms with van der Waals surface area (Å²) in [4.78, 5) is 2.18. The van der Waals surface area contributed by atoms with Crippen molar-refractivity contribution in [3.63, 3.8) is 0 Å². The van der Waals surface area contributed by atoms with Crippen molar-refractivity contribution in [2.24, 2.45) is 0 Å². The molecule has 88 valence electrons. The maximum atomic E-state index is 10.00. The summed E-state index contributed by atoms with van der Waals surface area (Å²) in [5.74, 6) is 0. The van der Waals surface area contributed by atoms with E-state index in [1.54, 1.807) is 6.92 Å². The van der Waals surface area contributed by atoms with Gasteiger partial charge in [0.25, 0.3) is 0 Å². The highest BCUT2D eigenvalue weighted by Gasteiger charge is 2.36. The molecule has 1 fully saturated rings. The molecule has 3 heteroatoms. The van der Waals surface area contributed by atoms with Gasteiger partial charge in [0.2, 0.25) is 0 Å². The second-order valence-electron chi connectivity index (χ2n) is 4.86. The summed E-state index contributed by atoms with van der Waals surface area (Å²) in [7, 11) is 0. The first kappa shape index (κ1) is 11.6. The molecule has 0 bridgehead atoms. The van der Waals surface area contributed by atoms with Crippen molar-refractivity contribution in [3.8, 4) is 0 Å². The van der Waals surface area contributed by atoms with Gasteiger partial charge in [-0.1, -0.05) is 30.3 Å². The zero-order chi connectivity index (χ0) is 11.6. The zero-order valence-electron chi connectivity index (χ0n) is 9.63. The van der Waals surface area contributed by atoms with Gasteiger partial charge in [-0.25, -0.2) is 0 Å². The first-order valence-electron chi connectivity index (χ1n) is 5.75. The van der Waals surface area contributed by atoms with Gasteiger partial charge in [0, 0.05) is 19.6 Å². The van der Waals surface area contributed by atoms with E-state index in [0.29, 0.717) is 13.0 Å². The summed E-state index contributed by atoms with van der Waals surface area (Å²) in [6.07, 6.45) is 0.0411. The van der Waals surface area contributed by atoms with E-state index in [1.165, 1.54) is 5.56 Å². The maximum absolute atomic E-state index is 10.00. The van der Waals surface area contributed by atoms with Gasteiger partial charge < -0.3 is 10.2 Å². The molecular formula is C13H19NO2. The number of aliphatic hydroxyl groups excluding tert-OH is 1. The minimum absolute atomic E-state index is 0.531. The van der Waals surface area contributed by atoms with Crippen molar-refractivity contribution in [1.82, 2.24) is 4.90 Å². The van der Waals surface area contributed by atoms with Crippen molar-refractivity contribution >= 4 is 0 Å². The fourth-order valence-corrected chi connectivity index (χ4v) is 2.23. The van der Waals surface area contributed by atoms with Crippen LogP contribution in [0.2, 0.25) is 0 Å². The number of rotatable bonds is 2. The van der Waals surface area contributed by atoms with E-state index in [4.69, 9.17) is 0 Å². The Hall–Kier alpha value is -0.900. The molecule has 1 aromatic rings. The topological polar surface area (TPSA) is 43.7 Å². The Morgan fingerprint density at radius 2 is 2.06 bits per heavy atom. The summed E-state index contributed by atoms with van der Waals surface area (Å²) < 4.78 is 0. The molecule has 1 heterocycles. The largest absolute Gasteiger partial charge is 0.390 e. The van der Waals surface area contributed by atoms with Crippen molar-refractivity contribution in [2.75, 3.05) is 13.1 Å². The van der Waals surface area contributed by atoms with Crippen LogP contribution in [0.15, 0.2) is 30.3 Å². The SMILES string of the molecule is C[C@]1(O)CN(Cc2ccccc2)CC[C@@H]1O. The van der Waals surface area contributed by atoms with Crippen LogP contribution in [0.3, 0.4) is 0 Å². The van der Waals surface area contributed by atoms with Gasteiger partial charge in [-0.05, 0) is 18.9 Å². The van der Waals surface area contributed by atoms with Crippen molar-refractivity contribution in [1.29, 1.82) is 0 Å². The van der Waals surface area contributed by atoms with E-state index in [9.17, 15) is 10.2 Å². The molecule has 2 rings (SSSR count). The highest BCUT2D eigenvalue weighted by atomic mass is 16.3. The molecule has 2 atom stereocenters. The van der Waals surface area contributed by atoms with E-state index in [0.717, 1.165) is 13.1 Å². The monoisotopic (exact) mass is 221 g/mol. The van der Waals surface area contributed by atoms with Crippen molar-refractivity contribution in [2.45, 2.75) is 31.6 Å². The van der Waals surface area contributed by atoms with Gasteiger partial charge in [-0.3, -0.25) is 4.90 Å². The number of piperidine rings is 1. The van der Waals surface area contributed by atoms with Crippen LogP contribution in [0.1, 0.15) is 18.9 Å². The standard InChI is InChI=1S/C13H19NO2/c1-13(16)10-14(8-7-12(13)15)9-11-5-3-2-4-6-11/h2-6,12,15-16H,7-10H2,1H3/t12-,13-/m0/s1. The van der Waals surface area contributed by atoms with Gasteiger partial charge in [-0.15, -0.1) is 0 Å². The Morgan fingerprint density at radius 3 is 2.69 bits per heavy atom. The second kappa shape index (κ2) is 4.53. The molecule has 1 aliphatic heterocycles. The third-order valence-corrected chi connectivity index (χ3v) is 3.23. The molecule has 0 amide bonds. The van der Waals surface area contributed by atoms with Gasteiger partial charge in [0.15, 0.2) is 0 Å². The molecule has 0 aliphatic carbocycles. The van der Waals surface area contributed by atoms with Crippen LogP contribution in [0.4, 0.5) is 0 Å². The molecule has 1 aliphatic rings. The predicted molar refractivity (Wildman–Crippen MR) is 63.0 cm³/mol. The number of hydrogen-bond donors (Lipinski definition) is 2. The number of hydrogen-bond acceptors (Lipinski definition) is 3. The van der Waals surface area contributed by atoms with Gasteiger partial charge in [0.1, 0.15) is 5.60 Å². The lowest BCUT2D eigenvalue weighted by Gasteiger charge is -2.40. The van der Waals surface area contributed by atoms with E-state index in [1.807, 2.05) is 18.2 Å². The lowest BCUT2D eigenvalue weighted by Crippen LogP contribution is -2.54. The third-order valence-electron chi connectivity index (χ3n) is 3.23. The Morgan fingerprint density at radius 1 is 1.38 bits per heavy atom. The number of likely N-dealkylation sites (tertiary alicyclic amines) is 1. The zero-order valence-corrected chi connectivity index (χ0v) is 9.63. The van der Waals surface area contributed by atoms with Crippen LogP contribution >= 0.6 is 0 Å². The average Bonchev–Trinajstić information content (AvgIpc) is 2.25. The first-order valence-corrected chi connectivity index (χ1v) is 5.75. The van der Waals surface area contributed by atoms with Gasteiger partial charge >= 0.3 is 0 Å². The summed E-state index contributed by atoms with van der Waals surface area (Å²) in [5, 5.41) is 19.6. The number of benzene rings is 1. The maximum Gasteiger partial charge on any atom is 0.100 e. The summed E-state index contributed by atoms with van der Waals surface area (Å²) in [5.41, 5.74) is 0.266. The molecule has 1 saturated heterocycles. The molecular weight excluding hydrogens is 202 g/mol. The highest BCUT2D eigenvalue weighted by Crippen LogP contribution is 2.22. The fourth-order valence-electron chi connectivity index (χ4n) is 2.23.